The molecule has 0 amide bonds. The molecule has 0 radical (unpaired) electrons. The maximum atomic E-state index is 12.2. The van der Waals surface area contributed by atoms with Crippen LogP contribution in [-0.2, 0) is 29.2 Å². The van der Waals surface area contributed by atoms with Gasteiger partial charge >= 0.3 is 41.5 Å². The van der Waals surface area contributed by atoms with Crippen LogP contribution in [0.5, 0.6) is 0 Å². The molecular formula is C22H43NaO7S. The van der Waals surface area contributed by atoms with E-state index in [0.29, 0.717) is 18.8 Å². The Balaban J connectivity index is 0. The van der Waals surface area contributed by atoms with E-state index in [1.165, 1.54) is 0 Å². The van der Waals surface area contributed by atoms with Crippen LogP contribution >= 0.6 is 0 Å². The van der Waals surface area contributed by atoms with Crippen LogP contribution in [0.3, 0.4) is 0 Å². The van der Waals surface area contributed by atoms with E-state index in [1.54, 1.807) is 0 Å². The third kappa shape index (κ3) is 18.0. The van der Waals surface area contributed by atoms with Gasteiger partial charge in [-0.15, -0.1) is 0 Å². The van der Waals surface area contributed by atoms with Crippen molar-refractivity contribution in [3.05, 3.63) is 0 Å². The van der Waals surface area contributed by atoms with Gasteiger partial charge in [-0.25, -0.2) is 0 Å². The van der Waals surface area contributed by atoms with Crippen molar-refractivity contribution in [2.75, 3.05) is 13.2 Å². The number of carbonyl (C=O) groups excluding carboxylic acids is 2. The molecule has 0 spiro atoms. The maximum absolute atomic E-state index is 12.2. The molecule has 0 aromatic carbocycles. The zero-order valence-corrected chi connectivity index (χ0v) is 20.8. The molecular weight excluding hydrogens is 431 g/mol. The molecule has 1 N–H and O–H groups in total. The molecule has 0 saturated heterocycles. The standard InChI is InChI=1S/C22H42O7S.Na.H/c1-16(14-21(3,4)5)9-11-28-19(23)13-18(30(25,26)27)20(24)29-12-10-17(2)15-22(6,7)8;;/h16-18H,9-15H2,1-8H3,(H,25,26,27);;. The zero-order chi connectivity index (χ0) is 23.8. The van der Waals surface area contributed by atoms with E-state index in [4.69, 9.17) is 9.47 Å². The molecule has 3 atom stereocenters. The molecule has 0 aromatic heterocycles. The van der Waals surface area contributed by atoms with Gasteiger partial charge in [-0.2, -0.15) is 8.42 Å². The van der Waals surface area contributed by atoms with Gasteiger partial charge in [0.15, 0.2) is 5.25 Å². The van der Waals surface area contributed by atoms with Gasteiger partial charge in [0.1, 0.15) is 0 Å². The Morgan fingerprint density at radius 2 is 1.23 bits per heavy atom. The zero-order valence-electron chi connectivity index (χ0n) is 20.0. The summed E-state index contributed by atoms with van der Waals surface area (Å²) in [7, 11) is -4.78. The summed E-state index contributed by atoms with van der Waals surface area (Å²) in [4.78, 5) is 24.2. The Kier molecular flexibility index (Phi) is 15.1. The molecule has 0 aliphatic rings. The average Bonchev–Trinajstić information content (AvgIpc) is 2.47. The molecule has 0 rings (SSSR count). The fraction of sp³-hybridized carbons (Fsp3) is 0.909. The van der Waals surface area contributed by atoms with Crippen molar-refractivity contribution >= 4 is 51.6 Å². The average molecular weight is 475 g/mol. The van der Waals surface area contributed by atoms with Crippen molar-refractivity contribution in [2.45, 2.75) is 92.7 Å². The molecule has 0 aliphatic heterocycles. The Hall–Kier alpha value is -0.150. The van der Waals surface area contributed by atoms with Crippen LogP contribution in [0, 0.1) is 22.7 Å². The third-order valence-corrected chi connectivity index (χ3v) is 5.70. The third-order valence-electron chi connectivity index (χ3n) is 4.62. The van der Waals surface area contributed by atoms with E-state index in [0.717, 1.165) is 12.8 Å². The van der Waals surface area contributed by atoms with E-state index in [-0.39, 0.29) is 59.5 Å². The molecule has 0 fully saturated rings. The second-order valence-electron chi connectivity index (χ2n) is 10.9. The van der Waals surface area contributed by atoms with E-state index in [9.17, 15) is 22.6 Å². The summed E-state index contributed by atoms with van der Waals surface area (Å²) in [5, 5.41) is -1.96. The molecule has 0 saturated carbocycles. The van der Waals surface area contributed by atoms with Gasteiger partial charge in [0.25, 0.3) is 10.1 Å². The normalized spacial score (nSPS) is 15.4. The second-order valence-corrected chi connectivity index (χ2v) is 12.5. The van der Waals surface area contributed by atoms with Crippen molar-refractivity contribution in [3.8, 4) is 0 Å². The first kappa shape index (κ1) is 33.0. The molecule has 180 valence electrons. The van der Waals surface area contributed by atoms with E-state index in [1.807, 2.05) is 6.92 Å². The molecule has 0 aromatic rings. The fourth-order valence-corrected chi connectivity index (χ4v) is 4.30. The summed E-state index contributed by atoms with van der Waals surface area (Å²) < 4.78 is 42.6. The van der Waals surface area contributed by atoms with E-state index in [2.05, 4.69) is 48.5 Å². The fourth-order valence-electron chi connectivity index (χ4n) is 3.64. The Morgan fingerprint density at radius 3 is 1.58 bits per heavy atom. The van der Waals surface area contributed by atoms with Gasteiger partial charge in [0.05, 0.1) is 19.6 Å². The number of carbonyl (C=O) groups is 2. The summed E-state index contributed by atoms with van der Waals surface area (Å²) in [6.45, 7) is 17.0. The molecule has 31 heavy (non-hydrogen) atoms. The Labute approximate surface area is 211 Å². The molecule has 0 heterocycles. The van der Waals surface area contributed by atoms with Crippen molar-refractivity contribution in [2.24, 2.45) is 22.7 Å². The first-order chi connectivity index (χ1) is 13.4. The van der Waals surface area contributed by atoms with Crippen LogP contribution in [0.15, 0.2) is 0 Å². The minimum absolute atomic E-state index is 0. The van der Waals surface area contributed by atoms with Gasteiger partial charge in [0, 0.05) is 0 Å². The van der Waals surface area contributed by atoms with Crippen LogP contribution in [-0.4, -0.2) is 72.9 Å². The number of hydrogen-bond donors (Lipinski definition) is 1. The van der Waals surface area contributed by atoms with Crippen LogP contribution in [0.4, 0.5) is 0 Å². The van der Waals surface area contributed by atoms with Crippen LogP contribution in [0.1, 0.15) is 87.5 Å². The topological polar surface area (TPSA) is 107 Å². The predicted octanol–water partition coefficient (Wildman–Crippen LogP) is 4.00. The van der Waals surface area contributed by atoms with Crippen molar-refractivity contribution in [1.29, 1.82) is 0 Å². The van der Waals surface area contributed by atoms with Gasteiger partial charge in [0.2, 0.25) is 0 Å². The van der Waals surface area contributed by atoms with Gasteiger partial charge in [-0.05, 0) is 48.3 Å². The monoisotopic (exact) mass is 474 g/mol. The number of esters is 2. The summed E-state index contributed by atoms with van der Waals surface area (Å²) in [6.07, 6.45) is 2.32. The summed E-state index contributed by atoms with van der Waals surface area (Å²) >= 11 is 0. The number of rotatable bonds is 12. The molecule has 7 nitrogen and oxygen atoms in total. The van der Waals surface area contributed by atoms with E-state index >= 15 is 0 Å². The van der Waals surface area contributed by atoms with Crippen molar-refractivity contribution < 1.29 is 32.0 Å². The van der Waals surface area contributed by atoms with Crippen LogP contribution in [0.2, 0.25) is 0 Å². The summed E-state index contributed by atoms with van der Waals surface area (Å²) in [6, 6.07) is 0. The molecule has 3 unspecified atom stereocenters. The molecule has 9 heteroatoms. The Morgan fingerprint density at radius 1 is 0.839 bits per heavy atom. The first-order valence-electron chi connectivity index (χ1n) is 10.7. The van der Waals surface area contributed by atoms with Gasteiger partial charge < -0.3 is 9.47 Å². The van der Waals surface area contributed by atoms with E-state index < -0.39 is 33.7 Å². The summed E-state index contributed by atoms with van der Waals surface area (Å²) in [5.74, 6) is -1.37. The Bertz CT molecular complexity index is 648. The van der Waals surface area contributed by atoms with Crippen LogP contribution in [0.25, 0.3) is 0 Å². The van der Waals surface area contributed by atoms with Gasteiger partial charge in [-0.3, -0.25) is 14.1 Å². The number of hydrogen-bond acceptors (Lipinski definition) is 6. The van der Waals surface area contributed by atoms with Gasteiger partial charge in [-0.1, -0.05) is 55.4 Å². The van der Waals surface area contributed by atoms with Crippen LogP contribution < -0.4 is 0 Å². The second kappa shape index (κ2) is 14.2. The first-order valence-corrected chi connectivity index (χ1v) is 12.2. The summed E-state index contributed by atoms with van der Waals surface area (Å²) in [5.41, 5.74) is 0.294. The van der Waals surface area contributed by atoms with Crippen molar-refractivity contribution in [1.82, 2.24) is 0 Å². The van der Waals surface area contributed by atoms with Crippen molar-refractivity contribution in [3.63, 3.8) is 0 Å². The minimum atomic E-state index is -4.78. The SMILES string of the molecule is CC(CCOC(=O)CC(C(=O)OCCC(C)CC(C)(C)C)S(=O)(=O)O)CC(C)(C)C.[NaH]. The quantitative estimate of drug-likeness (QED) is 0.259. The number of ether oxygens (including phenoxy) is 2. The predicted molar refractivity (Wildman–Crippen MR) is 125 cm³/mol. The molecule has 0 aliphatic carbocycles. The molecule has 0 bridgehead atoms.